The number of urea groups is 1. The average molecular weight is 430 g/mol. The molecule has 0 aromatic heterocycles. The number of quaternary nitrogens is 1. The zero-order valence-electron chi connectivity index (χ0n) is 19.4. The van der Waals surface area contributed by atoms with Gasteiger partial charge >= 0.3 is 6.03 Å². The number of imide groups is 1. The smallest absolute Gasteiger partial charge is 0.332 e. The Hall–Kier alpha value is -2.41. The number of rotatable bonds is 7. The molecule has 31 heavy (non-hydrogen) atoms. The van der Waals surface area contributed by atoms with Crippen LogP contribution in [-0.2, 0) is 9.59 Å². The summed E-state index contributed by atoms with van der Waals surface area (Å²) in [6, 6.07) is 8.11. The highest BCUT2D eigenvalue weighted by molar-refractivity contribution is 6.08. The van der Waals surface area contributed by atoms with Crippen molar-refractivity contribution in [1.29, 1.82) is 0 Å². The minimum atomic E-state index is -0.848. The zero-order chi connectivity index (χ0) is 22.8. The van der Waals surface area contributed by atoms with Gasteiger partial charge in [-0.2, -0.15) is 5.01 Å². The van der Waals surface area contributed by atoms with Crippen molar-refractivity contribution < 1.29 is 19.7 Å². The van der Waals surface area contributed by atoms with Gasteiger partial charge in [-0.05, 0) is 43.1 Å². The maximum Gasteiger partial charge on any atom is 0.344 e. The summed E-state index contributed by atoms with van der Waals surface area (Å²) in [6.07, 6.45) is 3.04. The second-order valence-electron chi connectivity index (χ2n) is 9.90. The molecule has 1 heterocycles. The van der Waals surface area contributed by atoms with Crippen LogP contribution in [-0.4, -0.2) is 34.9 Å². The first-order valence-electron chi connectivity index (χ1n) is 11.5. The highest BCUT2D eigenvalue weighted by atomic mass is 16.2. The molecule has 3 rings (SSSR count). The van der Waals surface area contributed by atoms with Crippen molar-refractivity contribution in [3.05, 3.63) is 35.4 Å². The van der Waals surface area contributed by atoms with Crippen LogP contribution >= 0.6 is 0 Å². The molecule has 4 amide bonds. The Morgan fingerprint density at radius 2 is 1.71 bits per heavy atom. The van der Waals surface area contributed by atoms with Gasteiger partial charge in [0.1, 0.15) is 11.6 Å². The molecular formula is C24H37N4O3+. The number of nitrogens with one attached hydrogen (secondary N) is 2. The summed E-state index contributed by atoms with van der Waals surface area (Å²) in [6.45, 7) is 10.9. The molecule has 1 aromatic rings. The summed E-state index contributed by atoms with van der Waals surface area (Å²) in [5, 5.41) is 5.69. The van der Waals surface area contributed by atoms with E-state index in [4.69, 9.17) is 0 Å². The number of nitrogens with zero attached hydrogens (tertiary/aromatic N) is 1. The number of carbonyl (C=O) groups is 3. The average Bonchev–Trinajstić information content (AvgIpc) is 2.94. The highest BCUT2D eigenvalue weighted by Crippen LogP contribution is 2.35. The molecule has 1 atom stereocenters. The molecule has 7 nitrogen and oxygen atoms in total. The van der Waals surface area contributed by atoms with Crippen LogP contribution in [0.3, 0.4) is 0 Å². The van der Waals surface area contributed by atoms with Crippen LogP contribution in [0.15, 0.2) is 24.3 Å². The molecule has 170 valence electrons. The van der Waals surface area contributed by atoms with E-state index in [9.17, 15) is 14.4 Å². The number of hydrogen-bond acceptors (Lipinski definition) is 3. The highest BCUT2D eigenvalue weighted by Gasteiger charge is 2.53. The molecule has 0 unspecified atom stereocenters. The molecule has 1 spiro atoms. The third-order valence-corrected chi connectivity index (χ3v) is 6.79. The Morgan fingerprint density at radius 1 is 1.13 bits per heavy atom. The van der Waals surface area contributed by atoms with Gasteiger partial charge in [0, 0.05) is 11.5 Å². The van der Waals surface area contributed by atoms with Crippen LogP contribution in [0.25, 0.3) is 0 Å². The lowest BCUT2D eigenvalue weighted by Crippen LogP contribution is -2.88. The van der Waals surface area contributed by atoms with Crippen LogP contribution in [0.4, 0.5) is 4.79 Å². The van der Waals surface area contributed by atoms with Crippen LogP contribution < -0.4 is 16.1 Å². The molecule has 0 bridgehead atoms. The van der Waals surface area contributed by atoms with Gasteiger partial charge < -0.3 is 10.6 Å². The molecule has 0 radical (unpaired) electrons. The summed E-state index contributed by atoms with van der Waals surface area (Å²) >= 11 is 0. The van der Waals surface area contributed by atoms with Gasteiger partial charge in [0.15, 0.2) is 6.54 Å². The quantitative estimate of drug-likeness (QED) is 0.582. The fourth-order valence-corrected chi connectivity index (χ4v) is 4.62. The molecule has 4 N–H and O–H groups in total. The summed E-state index contributed by atoms with van der Waals surface area (Å²) in [4.78, 5) is 37.9. The summed E-state index contributed by atoms with van der Waals surface area (Å²) in [7, 11) is 0. The Balaban J connectivity index is 1.59. The van der Waals surface area contributed by atoms with E-state index in [2.05, 4.69) is 69.6 Å². The number of hydrogen-bond donors (Lipinski definition) is 3. The number of nitrogens with two attached hydrogens (primary N) is 1. The van der Waals surface area contributed by atoms with Gasteiger partial charge in [-0.1, -0.05) is 58.9 Å². The van der Waals surface area contributed by atoms with E-state index in [0.29, 0.717) is 30.6 Å². The van der Waals surface area contributed by atoms with Gasteiger partial charge in [-0.3, -0.25) is 15.0 Å². The van der Waals surface area contributed by atoms with Crippen molar-refractivity contribution in [1.82, 2.24) is 15.8 Å². The first-order valence-corrected chi connectivity index (χ1v) is 11.5. The van der Waals surface area contributed by atoms with Crippen LogP contribution in [0.2, 0.25) is 0 Å². The number of carbonyl (C=O) groups excluding carboxylic acids is 3. The summed E-state index contributed by atoms with van der Waals surface area (Å²) < 4.78 is 0. The lowest BCUT2D eigenvalue weighted by Gasteiger charge is -2.33. The van der Waals surface area contributed by atoms with Gasteiger partial charge in [-0.15, -0.1) is 0 Å². The van der Waals surface area contributed by atoms with Crippen molar-refractivity contribution in [2.75, 3.05) is 6.54 Å². The van der Waals surface area contributed by atoms with Crippen LogP contribution in [0.5, 0.6) is 0 Å². The predicted octanol–water partition coefficient (Wildman–Crippen LogP) is 2.60. The molecule has 1 aliphatic carbocycles. The second-order valence-corrected chi connectivity index (χ2v) is 9.90. The van der Waals surface area contributed by atoms with Crippen LogP contribution in [0, 0.1) is 11.8 Å². The molecule has 1 aromatic carbocycles. The minimum absolute atomic E-state index is 0.112. The Labute approximate surface area is 185 Å². The van der Waals surface area contributed by atoms with E-state index in [1.165, 1.54) is 5.56 Å². The van der Waals surface area contributed by atoms with Crippen LogP contribution in [0.1, 0.15) is 83.4 Å². The van der Waals surface area contributed by atoms with E-state index in [1.807, 2.05) is 5.32 Å². The zero-order valence-corrected chi connectivity index (χ0v) is 19.4. The first-order chi connectivity index (χ1) is 14.6. The topological polar surface area (TPSA) is 95.1 Å². The molecule has 1 aliphatic heterocycles. The Kier molecular flexibility index (Phi) is 7.04. The summed E-state index contributed by atoms with van der Waals surface area (Å²) in [5.41, 5.74) is 4.13. The van der Waals surface area contributed by atoms with Crippen molar-refractivity contribution in [2.45, 2.75) is 77.8 Å². The maximum atomic E-state index is 12.9. The van der Waals surface area contributed by atoms with Crippen molar-refractivity contribution in [3.8, 4) is 0 Å². The number of hydrazine groups is 1. The Bertz CT molecular complexity index is 811. The fourth-order valence-electron chi connectivity index (χ4n) is 4.62. The van der Waals surface area contributed by atoms with E-state index in [0.717, 1.165) is 23.4 Å². The lowest BCUT2D eigenvalue weighted by atomic mass is 9.77. The third-order valence-electron chi connectivity index (χ3n) is 6.79. The fraction of sp³-hybridized carbons (Fsp3) is 0.625. The number of amides is 4. The standard InChI is InChI=1S/C24H36N4O3/c1-15(2)18-6-8-19(9-7-18)21(16(3)4)25-14-20(29)27-28-22(30)24(26-23(28)31)12-10-17(5)11-13-24/h6-9,15-17,21,25H,10-14H2,1-5H3,(H,26,31)(H,27,29)/p+1/t17?,21-,24?/m0/s1. The maximum absolute atomic E-state index is 12.9. The monoisotopic (exact) mass is 429 g/mol. The predicted molar refractivity (Wildman–Crippen MR) is 119 cm³/mol. The molecular weight excluding hydrogens is 392 g/mol. The van der Waals surface area contributed by atoms with Crippen molar-refractivity contribution in [2.24, 2.45) is 11.8 Å². The van der Waals surface area contributed by atoms with Gasteiger partial charge in [0.2, 0.25) is 0 Å². The normalized spacial score (nSPS) is 24.7. The van der Waals surface area contributed by atoms with Gasteiger partial charge in [0.05, 0.1) is 0 Å². The molecule has 2 fully saturated rings. The van der Waals surface area contributed by atoms with E-state index >= 15 is 0 Å². The van der Waals surface area contributed by atoms with Gasteiger partial charge in [-0.25, -0.2) is 4.79 Å². The van der Waals surface area contributed by atoms with Crippen molar-refractivity contribution in [3.63, 3.8) is 0 Å². The lowest BCUT2D eigenvalue weighted by molar-refractivity contribution is -0.692. The molecule has 1 saturated carbocycles. The Morgan fingerprint density at radius 3 is 2.26 bits per heavy atom. The largest absolute Gasteiger partial charge is 0.344 e. The second kappa shape index (κ2) is 9.39. The number of benzene rings is 1. The molecule has 1 saturated heterocycles. The van der Waals surface area contributed by atoms with Crippen molar-refractivity contribution >= 4 is 17.8 Å². The molecule has 7 heteroatoms. The SMILES string of the molecule is CC1CCC2(CC1)NC(=O)N(NC(=O)C[NH2+][C@H](c1ccc(C(C)C)cc1)C(C)C)C2=O. The summed E-state index contributed by atoms with van der Waals surface area (Å²) in [5.74, 6) is 0.663. The first kappa shape index (κ1) is 23.3. The minimum Gasteiger partial charge on any atom is -0.332 e. The van der Waals surface area contributed by atoms with E-state index in [-0.39, 0.29) is 24.4 Å². The molecule has 2 aliphatic rings. The van der Waals surface area contributed by atoms with E-state index in [1.54, 1.807) is 0 Å². The van der Waals surface area contributed by atoms with Gasteiger partial charge in [0.25, 0.3) is 11.8 Å². The third kappa shape index (κ3) is 5.09. The van der Waals surface area contributed by atoms with E-state index < -0.39 is 11.6 Å².